The highest BCUT2D eigenvalue weighted by molar-refractivity contribution is 5.55. The molecule has 20 heavy (non-hydrogen) atoms. The highest BCUT2D eigenvalue weighted by atomic mass is 16.4. The first-order chi connectivity index (χ1) is 9.74. The predicted octanol–water partition coefficient (Wildman–Crippen LogP) is 3.61. The lowest BCUT2D eigenvalue weighted by Gasteiger charge is -2.23. The lowest BCUT2D eigenvalue weighted by atomic mass is 10.2. The summed E-state index contributed by atoms with van der Waals surface area (Å²) in [6, 6.07) is 10.8. The van der Waals surface area contributed by atoms with Gasteiger partial charge in [0, 0.05) is 24.6 Å². The van der Waals surface area contributed by atoms with E-state index < -0.39 is 0 Å². The fourth-order valence-electron chi connectivity index (χ4n) is 2.58. The first-order valence-corrected chi connectivity index (χ1v) is 7.44. The molecule has 1 aliphatic carbocycles. The molecular weight excluding hydrogens is 248 g/mol. The third-order valence-corrected chi connectivity index (χ3v) is 4.29. The Morgan fingerprint density at radius 1 is 1.30 bits per heavy atom. The molecule has 1 aromatic carbocycles. The SMILES string of the molecule is C[C@H](C1CC1)N(C)CCc1ncc(-c2ccccc2)o1. The highest BCUT2D eigenvalue weighted by Crippen LogP contribution is 2.34. The summed E-state index contributed by atoms with van der Waals surface area (Å²) in [5.74, 6) is 2.60. The molecule has 1 fully saturated rings. The Morgan fingerprint density at radius 2 is 2.05 bits per heavy atom. The summed E-state index contributed by atoms with van der Waals surface area (Å²) < 4.78 is 5.84. The van der Waals surface area contributed by atoms with Crippen LogP contribution in [0.15, 0.2) is 40.9 Å². The molecule has 0 spiro atoms. The summed E-state index contributed by atoms with van der Waals surface area (Å²) >= 11 is 0. The number of oxazole rings is 1. The smallest absolute Gasteiger partial charge is 0.196 e. The summed E-state index contributed by atoms with van der Waals surface area (Å²) in [4.78, 5) is 6.81. The largest absolute Gasteiger partial charge is 0.441 e. The zero-order chi connectivity index (χ0) is 13.9. The Labute approximate surface area is 120 Å². The minimum atomic E-state index is 0.679. The van der Waals surface area contributed by atoms with Gasteiger partial charge in [0.2, 0.25) is 0 Å². The third kappa shape index (κ3) is 3.10. The van der Waals surface area contributed by atoms with Crippen molar-refractivity contribution in [2.45, 2.75) is 32.2 Å². The maximum Gasteiger partial charge on any atom is 0.196 e. The Hall–Kier alpha value is -1.61. The first kappa shape index (κ1) is 13.4. The van der Waals surface area contributed by atoms with Crippen molar-refractivity contribution in [3.63, 3.8) is 0 Å². The van der Waals surface area contributed by atoms with Crippen molar-refractivity contribution in [1.82, 2.24) is 9.88 Å². The van der Waals surface area contributed by atoms with Crippen LogP contribution in [0, 0.1) is 5.92 Å². The normalized spacial score (nSPS) is 16.6. The zero-order valence-corrected chi connectivity index (χ0v) is 12.2. The minimum Gasteiger partial charge on any atom is -0.441 e. The van der Waals surface area contributed by atoms with Gasteiger partial charge in [-0.2, -0.15) is 0 Å². The second-order valence-electron chi connectivity index (χ2n) is 5.79. The van der Waals surface area contributed by atoms with Crippen LogP contribution in [0.4, 0.5) is 0 Å². The van der Waals surface area contributed by atoms with Crippen molar-refractivity contribution >= 4 is 0 Å². The first-order valence-electron chi connectivity index (χ1n) is 7.44. The average molecular weight is 270 g/mol. The molecule has 1 saturated carbocycles. The van der Waals surface area contributed by atoms with Crippen LogP contribution in [-0.4, -0.2) is 29.5 Å². The third-order valence-electron chi connectivity index (χ3n) is 4.29. The van der Waals surface area contributed by atoms with Gasteiger partial charge in [-0.3, -0.25) is 0 Å². The van der Waals surface area contributed by atoms with E-state index in [2.05, 4.69) is 23.9 Å². The lowest BCUT2D eigenvalue weighted by molar-refractivity contribution is 0.232. The Kier molecular flexibility index (Phi) is 3.88. The number of rotatable bonds is 6. The van der Waals surface area contributed by atoms with E-state index in [1.807, 2.05) is 36.5 Å². The van der Waals surface area contributed by atoms with Crippen LogP contribution in [0.5, 0.6) is 0 Å². The van der Waals surface area contributed by atoms with E-state index in [0.717, 1.165) is 36.1 Å². The van der Waals surface area contributed by atoms with Gasteiger partial charge < -0.3 is 9.32 Å². The molecular formula is C17H22N2O. The molecule has 1 aromatic heterocycles. The van der Waals surface area contributed by atoms with Gasteiger partial charge in [0.15, 0.2) is 11.7 Å². The van der Waals surface area contributed by atoms with Gasteiger partial charge in [-0.05, 0) is 32.7 Å². The Morgan fingerprint density at radius 3 is 2.75 bits per heavy atom. The molecule has 1 heterocycles. The topological polar surface area (TPSA) is 29.3 Å². The number of benzene rings is 1. The molecule has 0 bridgehead atoms. The maximum atomic E-state index is 5.84. The lowest BCUT2D eigenvalue weighted by Crippen LogP contribution is -2.32. The van der Waals surface area contributed by atoms with Crippen molar-refractivity contribution in [2.75, 3.05) is 13.6 Å². The van der Waals surface area contributed by atoms with E-state index in [9.17, 15) is 0 Å². The van der Waals surface area contributed by atoms with E-state index in [1.54, 1.807) is 0 Å². The molecule has 1 atom stereocenters. The summed E-state index contributed by atoms with van der Waals surface area (Å²) in [7, 11) is 2.20. The number of hydrogen-bond acceptors (Lipinski definition) is 3. The van der Waals surface area contributed by atoms with Crippen LogP contribution in [0.2, 0.25) is 0 Å². The average Bonchev–Trinajstić information content (AvgIpc) is 3.23. The van der Waals surface area contributed by atoms with Gasteiger partial charge in [0.05, 0.1) is 6.20 Å². The van der Waals surface area contributed by atoms with Crippen molar-refractivity contribution in [2.24, 2.45) is 5.92 Å². The molecule has 3 heteroatoms. The molecule has 0 radical (unpaired) electrons. The molecule has 3 nitrogen and oxygen atoms in total. The second kappa shape index (κ2) is 5.80. The van der Waals surface area contributed by atoms with E-state index >= 15 is 0 Å². The summed E-state index contributed by atoms with van der Waals surface area (Å²) in [5.41, 5.74) is 1.09. The van der Waals surface area contributed by atoms with Gasteiger partial charge in [-0.15, -0.1) is 0 Å². The van der Waals surface area contributed by atoms with Gasteiger partial charge in [-0.25, -0.2) is 4.98 Å². The Balaban J connectivity index is 1.57. The molecule has 1 aliphatic rings. The predicted molar refractivity (Wildman–Crippen MR) is 80.5 cm³/mol. The van der Waals surface area contributed by atoms with Gasteiger partial charge in [0.25, 0.3) is 0 Å². The summed E-state index contributed by atoms with van der Waals surface area (Å²) in [6.07, 6.45) is 5.49. The van der Waals surface area contributed by atoms with E-state index in [4.69, 9.17) is 4.42 Å². The number of likely N-dealkylation sites (N-methyl/N-ethyl adjacent to an activating group) is 1. The van der Waals surface area contributed by atoms with Crippen LogP contribution in [0.1, 0.15) is 25.7 Å². The molecule has 106 valence electrons. The molecule has 3 rings (SSSR count). The highest BCUT2D eigenvalue weighted by Gasteiger charge is 2.30. The van der Waals surface area contributed by atoms with E-state index in [1.165, 1.54) is 12.8 Å². The Bertz CT molecular complexity index is 545. The summed E-state index contributed by atoms with van der Waals surface area (Å²) in [5, 5.41) is 0. The van der Waals surface area contributed by atoms with Crippen LogP contribution in [0.3, 0.4) is 0 Å². The minimum absolute atomic E-state index is 0.679. The van der Waals surface area contributed by atoms with Crippen LogP contribution >= 0.6 is 0 Å². The monoisotopic (exact) mass is 270 g/mol. The van der Waals surface area contributed by atoms with Crippen LogP contribution < -0.4 is 0 Å². The fraction of sp³-hybridized carbons (Fsp3) is 0.471. The van der Waals surface area contributed by atoms with Crippen molar-refractivity contribution in [1.29, 1.82) is 0 Å². The zero-order valence-electron chi connectivity index (χ0n) is 12.2. The molecule has 0 aliphatic heterocycles. The molecule has 0 amide bonds. The molecule has 0 unspecified atom stereocenters. The van der Waals surface area contributed by atoms with Gasteiger partial charge >= 0.3 is 0 Å². The quantitative estimate of drug-likeness (QED) is 0.803. The standard InChI is InChI=1S/C17H22N2O/c1-13(14-8-9-14)19(2)11-10-17-18-12-16(20-17)15-6-4-3-5-7-15/h3-7,12-14H,8-11H2,1-2H3/t13-/m1/s1. The van der Waals surface area contributed by atoms with Crippen molar-refractivity contribution in [3.05, 3.63) is 42.4 Å². The number of aromatic nitrogens is 1. The maximum absolute atomic E-state index is 5.84. The van der Waals surface area contributed by atoms with Crippen molar-refractivity contribution < 1.29 is 4.42 Å². The van der Waals surface area contributed by atoms with E-state index in [0.29, 0.717) is 6.04 Å². The van der Waals surface area contributed by atoms with Crippen LogP contribution in [-0.2, 0) is 6.42 Å². The van der Waals surface area contributed by atoms with Gasteiger partial charge in [0.1, 0.15) is 0 Å². The molecule has 2 aromatic rings. The molecule has 0 N–H and O–H groups in total. The number of hydrogen-bond donors (Lipinski definition) is 0. The van der Waals surface area contributed by atoms with Crippen LogP contribution in [0.25, 0.3) is 11.3 Å². The second-order valence-corrected chi connectivity index (χ2v) is 5.79. The van der Waals surface area contributed by atoms with Gasteiger partial charge in [-0.1, -0.05) is 30.3 Å². The number of nitrogens with zero attached hydrogens (tertiary/aromatic N) is 2. The fourth-order valence-corrected chi connectivity index (χ4v) is 2.58. The van der Waals surface area contributed by atoms with E-state index in [-0.39, 0.29) is 0 Å². The summed E-state index contributed by atoms with van der Waals surface area (Å²) in [6.45, 7) is 3.33. The molecule has 0 saturated heterocycles. The van der Waals surface area contributed by atoms with Crippen molar-refractivity contribution in [3.8, 4) is 11.3 Å².